The van der Waals surface area contributed by atoms with Crippen LogP contribution in [0.1, 0.15) is 6.92 Å². The molecule has 0 fully saturated rings. The second-order valence-electron chi connectivity index (χ2n) is 1.86. The molecule has 0 aliphatic rings. The van der Waals surface area contributed by atoms with Gasteiger partial charge in [0.05, 0.1) is 0 Å². The van der Waals surface area contributed by atoms with Crippen LogP contribution in [-0.2, 0) is 13.3 Å². The maximum Gasteiger partial charge on any atom is 0.562 e. The standard InChI is InChI=1S/C5H12O3SSi.K/c1-5(9)8-10(4,6-2)7-3;/h1-4H3;. The Bertz CT molecular complexity index is 129. The quantitative estimate of drug-likeness (QED) is 0.519. The molecule has 0 atom stereocenters. The molecule has 0 aliphatic carbocycles. The van der Waals surface area contributed by atoms with Crippen molar-refractivity contribution in [3.05, 3.63) is 0 Å². The van der Waals surface area contributed by atoms with E-state index < -0.39 is 8.80 Å². The van der Waals surface area contributed by atoms with Gasteiger partial charge in [-0.2, -0.15) is 0 Å². The number of rotatable bonds is 3. The molecule has 0 saturated heterocycles. The zero-order valence-electron chi connectivity index (χ0n) is 7.63. The molecule has 0 rings (SSSR count). The normalized spacial score (nSPS) is 10.2. The molecule has 0 bridgehead atoms. The fraction of sp³-hybridized carbons (Fsp3) is 0.800. The van der Waals surface area contributed by atoms with E-state index in [4.69, 9.17) is 25.5 Å². The van der Waals surface area contributed by atoms with Crippen molar-refractivity contribution >= 4 is 77.5 Å². The fourth-order valence-corrected chi connectivity index (χ4v) is 1.74. The van der Waals surface area contributed by atoms with E-state index in [1.54, 1.807) is 27.7 Å². The first-order valence-electron chi connectivity index (χ1n) is 2.84. The molecule has 61 valence electrons. The van der Waals surface area contributed by atoms with Crippen LogP contribution in [0.15, 0.2) is 0 Å². The summed E-state index contributed by atoms with van der Waals surface area (Å²) in [6.45, 7) is 3.47. The smallest absolute Gasteiger partial charge is 0.495 e. The van der Waals surface area contributed by atoms with Gasteiger partial charge in [-0.05, 0) is 12.2 Å². The summed E-state index contributed by atoms with van der Waals surface area (Å²) in [5, 5.41) is 0.456. The van der Waals surface area contributed by atoms with Crippen LogP contribution in [0, 0.1) is 0 Å². The number of hydrogen-bond acceptors (Lipinski definition) is 4. The first kappa shape index (κ1) is 15.1. The van der Waals surface area contributed by atoms with Crippen LogP contribution in [0.25, 0.3) is 0 Å². The predicted molar refractivity (Wildman–Crippen MR) is 50.7 cm³/mol. The Morgan fingerprint density at radius 2 is 1.64 bits per heavy atom. The zero-order valence-corrected chi connectivity index (χ0v) is 12.6. The SMILES string of the molecule is CO[Si](C)(OC)OC(C)=S.[K]. The summed E-state index contributed by atoms with van der Waals surface area (Å²) in [6.07, 6.45) is 0. The molecule has 0 aliphatic heterocycles. The Morgan fingerprint density at radius 1 is 1.27 bits per heavy atom. The second kappa shape index (κ2) is 7.10. The van der Waals surface area contributed by atoms with Gasteiger partial charge in [-0.3, -0.25) is 0 Å². The van der Waals surface area contributed by atoms with Gasteiger partial charge in [0, 0.05) is 79.1 Å². The summed E-state index contributed by atoms with van der Waals surface area (Å²) < 4.78 is 15.2. The molecule has 1 radical (unpaired) electrons. The summed E-state index contributed by atoms with van der Waals surface area (Å²) in [5.74, 6) is 0. The molecule has 0 amide bonds. The maximum absolute atomic E-state index is 5.16. The molecule has 0 unspecified atom stereocenters. The van der Waals surface area contributed by atoms with E-state index in [1.165, 1.54) is 0 Å². The molecule has 0 saturated carbocycles. The van der Waals surface area contributed by atoms with E-state index in [2.05, 4.69) is 0 Å². The van der Waals surface area contributed by atoms with Gasteiger partial charge in [-0.1, -0.05) is 0 Å². The summed E-state index contributed by atoms with van der Waals surface area (Å²) in [5.41, 5.74) is 0. The average molecular weight is 219 g/mol. The van der Waals surface area contributed by atoms with E-state index in [-0.39, 0.29) is 51.4 Å². The average Bonchev–Trinajstić information content (AvgIpc) is 1.87. The minimum absolute atomic E-state index is 0. The third-order valence-electron chi connectivity index (χ3n) is 1.07. The van der Waals surface area contributed by atoms with Crippen molar-refractivity contribution in [3.8, 4) is 0 Å². The third kappa shape index (κ3) is 6.79. The van der Waals surface area contributed by atoms with Crippen LogP contribution < -0.4 is 0 Å². The molecule has 0 N–H and O–H groups in total. The van der Waals surface area contributed by atoms with Gasteiger partial charge in [0.2, 0.25) is 0 Å². The number of hydrogen-bond donors (Lipinski definition) is 0. The van der Waals surface area contributed by atoms with Crippen LogP contribution in [-0.4, -0.2) is 79.5 Å². The van der Waals surface area contributed by atoms with Crippen LogP contribution in [0.4, 0.5) is 0 Å². The van der Waals surface area contributed by atoms with Gasteiger partial charge in [0.15, 0.2) is 0 Å². The summed E-state index contributed by atoms with van der Waals surface area (Å²) >= 11 is 4.73. The Kier molecular flexibility index (Phi) is 9.78. The van der Waals surface area contributed by atoms with Gasteiger partial charge < -0.3 is 13.3 Å². The van der Waals surface area contributed by atoms with Crippen molar-refractivity contribution in [1.82, 2.24) is 0 Å². The first-order valence-corrected chi connectivity index (χ1v) is 5.47. The molecule has 0 aromatic heterocycles. The van der Waals surface area contributed by atoms with Crippen molar-refractivity contribution in [3.63, 3.8) is 0 Å². The fourth-order valence-electron chi connectivity index (χ4n) is 0.428. The van der Waals surface area contributed by atoms with E-state index >= 15 is 0 Å². The van der Waals surface area contributed by atoms with Gasteiger partial charge in [-0.15, -0.1) is 0 Å². The minimum Gasteiger partial charge on any atom is -0.495 e. The van der Waals surface area contributed by atoms with Crippen LogP contribution in [0.2, 0.25) is 6.55 Å². The van der Waals surface area contributed by atoms with Crippen molar-refractivity contribution in [2.24, 2.45) is 0 Å². The summed E-state index contributed by atoms with van der Waals surface area (Å²) in [6, 6.07) is 0. The van der Waals surface area contributed by atoms with E-state index in [1.807, 2.05) is 0 Å². The molecule has 0 aromatic rings. The van der Waals surface area contributed by atoms with Gasteiger partial charge >= 0.3 is 8.80 Å². The Hall–Kier alpha value is 1.66. The Labute approximate surface area is 117 Å². The van der Waals surface area contributed by atoms with Crippen LogP contribution in [0.3, 0.4) is 0 Å². The minimum atomic E-state index is -2.40. The summed E-state index contributed by atoms with van der Waals surface area (Å²) in [4.78, 5) is 0. The van der Waals surface area contributed by atoms with Gasteiger partial charge in [0.1, 0.15) is 5.05 Å². The number of thiocarbonyl (C=S) groups is 1. The predicted octanol–water partition coefficient (Wildman–Crippen LogP) is 0.831. The van der Waals surface area contributed by atoms with Gasteiger partial charge in [0.25, 0.3) is 0 Å². The van der Waals surface area contributed by atoms with Gasteiger partial charge in [-0.25, -0.2) is 0 Å². The molecule has 0 heterocycles. The molecule has 0 spiro atoms. The van der Waals surface area contributed by atoms with E-state index in [9.17, 15) is 0 Å². The van der Waals surface area contributed by atoms with Crippen molar-refractivity contribution < 1.29 is 13.3 Å². The molecular weight excluding hydrogens is 207 g/mol. The third-order valence-corrected chi connectivity index (χ3v) is 3.46. The Morgan fingerprint density at radius 3 is 1.73 bits per heavy atom. The molecule has 3 nitrogen and oxygen atoms in total. The monoisotopic (exact) mass is 219 g/mol. The zero-order chi connectivity index (χ0) is 8.20. The molecular formula is C5H12KO3SSi. The second-order valence-corrected chi connectivity index (χ2v) is 5.18. The van der Waals surface area contributed by atoms with Crippen molar-refractivity contribution in [2.75, 3.05) is 14.2 Å². The first-order chi connectivity index (χ1) is 4.54. The Balaban J connectivity index is 0. The molecule has 11 heavy (non-hydrogen) atoms. The topological polar surface area (TPSA) is 27.7 Å². The summed E-state index contributed by atoms with van der Waals surface area (Å²) in [7, 11) is 0.698. The van der Waals surface area contributed by atoms with Crippen molar-refractivity contribution in [2.45, 2.75) is 13.5 Å². The molecule has 0 aromatic carbocycles. The van der Waals surface area contributed by atoms with Crippen LogP contribution >= 0.6 is 12.2 Å². The van der Waals surface area contributed by atoms with E-state index in [0.717, 1.165) is 0 Å². The maximum atomic E-state index is 5.16. The largest absolute Gasteiger partial charge is 0.562 e. The molecule has 6 heteroatoms. The van der Waals surface area contributed by atoms with Crippen LogP contribution in [0.5, 0.6) is 0 Å². The van der Waals surface area contributed by atoms with E-state index in [0.29, 0.717) is 5.05 Å². The van der Waals surface area contributed by atoms with Crippen molar-refractivity contribution in [1.29, 1.82) is 0 Å².